The van der Waals surface area contributed by atoms with Crippen LogP contribution < -0.4 is 0 Å². The van der Waals surface area contributed by atoms with Crippen molar-refractivity contribution in [3.8, 4) is 0 Å². The first-order chi connectivity index (χ1) is 10.8. The number of hydrogen-bond donors (Lipinski definition) is 0. The van der Waals surface area contributed by atoms with E-state index in [-0.39, 0.29) is 0 Å². The van der Waals surface area contributed by atoms with E-state index >= 15 is 0 Å². The predicted molar refractivity (Wildman–Crippen MR) is 90.6 cm³/mol. The highest BCUT2D eigenvalue weighted by atomic mass is 35.5. The molecule has 0 radical (unpaired) electrons. The Kier molecular flexibility index (Phi) is 3.90. The summed E-state index contributed by atoms with van der Waals surface area (Å²) in [6.07, 6.45) is 2.21. The fourth-order valence-electron chi connectivity index (χ4n) is 3.06. The molecule has 1 fully saturated rings. The van der Waals surface area contributed by atoms with Crippen LogP contribution in [0.2, 0.25) is 4.34 Å². The van der Waals surface area contributed by atoms with E-state index in [0.717, 1.165) is 53.8 Å². The van der Waals surface area contributed by atoms with Crippen molar-refractivity contribution in [3.63, 3.8) is 0 Å². The Morgan fingerprint density at radius 1 is 1.18 bits per heavy atom. The molecule has 2 aromatic heterocycles. The van der Waals surface area contributed by atoms with Crippen LogP contribution in [0, 0.1) is 0 Å². The minimum Gasteiger partial charge on any atom is -0.440 e. The number of halogens is 1. The van der Waals surface area contributed by atoms with E-state index in [2.05, 4.69) is 16.0 Å². The van der Waals surface area contributed by atoms with Crippen molar-refractivity contribution in [2.24, 2.45) is 0 Å². The largest absolute Gasteiger partial charge is 0.440 e. The fourth-order valence-corrected chi connectivity index (χ4v) is 4.19. The molecule has 0 amide bonds. The van der Waals surface area contributed by atoms with Gasteiger partial charge in [-0.05, 0) is 50.2 Å². The van der Waals surface area contributed by atoms with Gasteiger partial charge in [0.1, 0.15) is 5.52 Å². The third kappa shape index (κ3) is 2.91. The standard InChI is InChI=1S/C17H17ClN2OS/c18-16-6-5-13(22-16)11-20-9-7-12(8-10-20)17-19-14-3-1-2-4-15(14)21-17/h1-6,12H,7-11H2. The van der Waals surface area contributed by atoms with Crippen LogP contribution in [0.5, 0.6) is 0 Å². The topological polar surface area (TPSA) is 29.3 Å². The molecule has 3 heterocycles. The summed E-state index contributed by atoms with van der Waals surface area (Å²) >= 11 is 7.67. The van der Waals surface area contributed by atoms with E-state index in [9.17, 15) is 0 Å². The smallest absolute Gasteiger partial charge is 0.198 e. The van der Waals surface area contributed by atoms with Crippen LogP contribution >= 0.6 is 22.9 Å². The second-order valence-electron chi connectivity index (χ2n) is 5.78. The van der Waals surface area contributed by atoms with Crippen molar-refractivity contribution in [1.29, 1.82) is 0 Å². The molecule has 1 saturated heterocycles. The third-order valence-corrected chi connectivity index (χ3v) is 5.47. The molecule has 1 aromatic carbocycles. The number of rotatable bonds is 3. The Labute approximate surface area is 138 Å². The van der Waals surface area contributed by atoms with Crippen LogP contribution in [0.25, 0.3) is 11.1 Å². The molecular weight excluding hydrogens is 316 g/mol. The van der Waals surface area contributed by atoms with Crippen molar-refractivity contribution >= 4 is 34.0 Å². The molecule has 0 atom stereocenters. The van der Waals surface area contributed by atoms with Crippen molar-refractivity contribution in [3.05, 3.63) is 51.5 Å². The van der Waals surface area contributed by atoms with E-state index < -0.39 is 0 Å². The highest BCUT2D eigenvalue weighted by Gasteiger charge is 2.24. The van der Waals surface area contributed by atoms with Gasteiger partial charge in [0.15, 0.2) is 11.5 Å². The van der Waals surface area contributed by atoms with Gasteiger partial charge >= 0.3 is 0 Å². The van der Waals surface area contributed by atoms with Gasteiger partial charge in [0.25, 0.3) is 0 Å². The molecule has 0 spiro atoms. The molecule has 3 aromatic rings. The lowest BCUT2D eigenvalue weighted by atomic mass is 9.97. The Hall–Kier alpha value is -1.36. The molecular formula is C17H17ClN2OS. The molecule has 3 nitrogen and oxygen atoms in total. The van der Waals surface area contributed by atoms with Crippen LogP contribution in [-0.4, -0.2) is 23.0 Å². The lowest BCUT2D eigenvalue weighted by Gasteiger charge is -2.30. The van der Waals surface area contributed by atoms with Crippen molar-refractivity contribution in [2.75, 3.05) is 13.1 Å². The van der Waals surface area contributed by atoms with Gasteiger partial charge in [0.05, 0.1) is 4.34 Å². The Morgan fingerprint density at radius 3 is 2.73 bits per heavy atom. The SMILES string of the molecule is Clc1ccc(CN2CCC(c3nc4ccccc4o3)CC2)s1. The zero-order valence-electron chi connectivity index (χ0n) is 12.2. The molecule has 22 heavy (non-hydrogen) atoms. The number of para-hydroxylation sites is 2. The number of oxazole rings is 1. The lowest BCUT2D eigenvalue weighted by molar-refractivity contribution is 0.195. The zero-order chi connectivity index (χ0) is 14.9. The number of fused-ring (bicyclic) bond motifs is 1. The van der Waals surface area contributed by atoms with Gasteiger partial charge < -0.3 is 4.42 Å². The van der Waals surface area contributed by atoms with Crippen LogP contribution in [0.15, 0.2) is 40.8 Å². The first kappa shape index (κ1) is 14.2. The van der Waals surface area contributed by atoms with Crippen molar-refractivity contribution < 1.29 is 4.42 Å². The zero-order valence-corrected chi connectivity index (χ0v) is 13.7. The van der Waals surface area contributed by atoms with E-state index in [0.29, 0.717) is 5.92 Å². The van der Waals surface area contributed by atoms with E-state index in [1.807, 2.05) is 30.3 Å². The molecule has 1 aliphatic rings. The van der Waals surface area contributed by atoms with Gasteiger partial charge in [-0.1, -0.05) is 23.7 Å². The lowest BCUT2D eigenvalue weighted by Crippen LogP contribution is -2.32. The number of likely N-dealkylation sites (tertiary alicyclic amines) is 1. The quantitative estimate of drug-likeness (QED) is 0.681. The van der Waals surface area contributed by atoms with Gasteiger partial charge in [-0.2, -0.15) is 0 Å². The molecule has 0 N–H and O–H groups in total. The molecule has 114 valence electrons. The number of piperidine rings is 1. The maximum absolute atomic E-state index is 6.00. The molecule has 5 heteroatoms. The van der Waals surface area contributed by atoms with Crippen LogP contribution in [0.4, 0.5) is 0 Å². The van der Waals surface area contributed by atoms with Gasteiger partial charge in [-0.15, -0.1) is 11.3 Å². The molecule has 0 aliphatic carbocycles. The molecule has 0 unspecified atom stereocenters. The molecule has 0 saturated carbocycles. The van der Waals surface area contributed by atoms with Gasteiger partial charge in [-0.3, -0.25) is 4.90 Å². The third-order valence-electron chi connectivity index (χ3n) is 4.26. The van der Waals surface area contributed by atoms with Gasteiger partial charge in [-0.25, -0.2) is 4.98 Å². The van der Waals surface area contributed by atoms with Crippen molar-refractivity contribution in [2.45, 2.75) is 25.3 Å². The Balaban J connectivity index is 1.40. The van der Waals surface area contributed by atoms with Crippen molar-refractivity contribution in [1.82, 2.24) is 9.88 Å². The summed E-state index contributed by atoms with van der Waals surface area (Å²) in [5, 5.41) is 0. The summed E-state index contributed by atoms with van der Waals surface area (Å²) in [7, 11) is 0. The minimum atomic E-state index is 0.440. The van der Waals surface area contributed by atoms with Crippen LogP contribution in [0.1, 0.15) is 29.5 Å². The number of hydrogen-bond acceptors (Lipinski definition) is 4. The first-order valence-electron chi connectivity index (χ1n) is 7.60. The Bertz CT molecular complexity index is 741. The molecule has 0 bridgehead atoms. The normalized spacial score (nSPS) is 17.3. The van der Waals surface area contributed by atoms with E-state index in [1.54, 1.807) is 11.3 Å². The maximum Gasteiger partial charge on any atom is 0.198 e. The van der Waals surface area contributed by atoms with Gasteiger partial charge in [0, 0.05) is 17.3 Å². The summed E-state index contributed by atoms with van der Waals surface area (Å²) in [6, 6.07) is 12.1. The summed E-state index contributed by atoms with van der Waals surface area (Å²) in [5.41, 5.74) is 1.86. The monoisotopic (exact) mass is 332 g/mol. The van der Waals surface area contributed by atoms with E-state index in [1.165, 1.54) is 4.88 Å². The van der Waals surface area contributed by atoms with Crippen LogP contribution in [0.3, 0.4) is 0 Å². The number of benzene rings is 1. The predicted octanol–water partition coefficient (Wildman–Crippen LogP) is 4.92. The summed E-state index contributed by atoms with van der Waals surface area (Å²) in [5.74, 6) is 1.34. The number of thiophene rings is 1. The summed E-state index contributed by atoms with van der Waals surface area (Å²) in [6.45, 7) is 3.16. The second kappa shape index (κ2) is 6.03. The first-order valence-corrected chi connectivity index (χ1v) is 8.79. The highest BCUT2D eigenvalue weighted by molar-refractivity contribution is 7.16. The minimum absolute atomic E-state index is 0.440. The Morgan fingerprint density at radius 2 is 2.00 bits per heavy atom. The number of nitrogens with zero attached hydrogens (tertiary/aromatic N) is 2. The van der Waals surface area contributed by atoms with Crippen LogP contribution in [-0.2, 0) is 6.54 Å². The van der Waals surface area contributed by atoms with E-state index in [4.69, 9.17) is 16.0 Å². The summed E-state index contributed by atoms with van der Waals surface area (Å²) < 4.78 is 6.79. The van der Waals surface area contributed by atoms with Gasteiger partial charge in [0.2, 0.25) is 0 Å². The maximum atomic E-state index is 6.00. The molecule has 4 rings (SSSR count). The summed E-state index contributed by atoms with van der Waals surface area (Å²) in [4.78, 5) is 8.47. The second-order valence-corrected chi connectivity index (χ2v) is 7.58. The molecule has 1 aliphatic heterocycles. The highest BCUT2D eigenvalue weighted by Crippen LogP contribution is 2.31. The fraction of sp³-hybridized carbons (Fsp3) is 0.353. The average Bonchev–Trinajstić information content (AvgIpc) is 3.14. The average molecular weight is 333 g/mol. The number of aromatic nitrogens is 1.